The molecule has 1 aromatic carbocycles. The molecule has 1 amide bonds. The van der Waals surface area contributed by atoms with Crippen LogP contribution in [0.3, 0.4) is 0 Å². The zero-order chi connectivity index (χ0) is 14.8. The first-order valence-corrected chi connectivity index (χ1v) is 7.80. The van der Waals surface area contributed by atoms with Gasteiger partial charge in [0.1, 0.15) is 0 Å². The molecule has 2 aromatic rings. The lowest BCUT2D eigenvalue weighted by Gasteiger charge is -2.30. The van der Waals surface area contributed by atoms with Crippen LogP contribution in [0.5, 0.6) is 0 Å². The van der Waals surface area contributed by atoms with Gasteiger partial charge in [-0.15, -0.1) is 11.3 Å². The van der Waals surface area contributed by atoms with Gasteiger partial charge < -0.3 is 10.4 Å². The van der Waals surface area contributed by atoms with Crippen LogP contribution in [0.25, 0.3) is 10.1 Å². The van der Waals surface area contributed by atoms with Crippen LogP contribution in [-0.2, 0) is 0 Å². The minimum absolute atomic E-state index is 0.0321. The van der Waals surface area contributed by atoms with Gasteiger partial charge in [0.05, 0.1) is 17.0 Å². The topological polar surface area (TPSA) is 49.3 Å². The summed E-state index contributed by atoms with van der Waals surface area (Å²) in [6.07, 6.45) is 1.44. The third-order valence-electron chi connectivity index (χ3n) is 4.08. The third kappa shape index (κ3) is 2.58. The molecule has 0 atom stereocenters. The molecule has 2 rings (SSSR count). The highest BCUT2D eigenvalue weighted by atomic mass is 32.1. The van der Waals surface area contributed by atoms with Crippen LogP contribution in [0.2, 0.25) is 0 Å². The molecule has 1 heterocycles. The zero-order valence-electron chi connectivity index (χ0n) is 12.2. The zero-order valence-corrected chi connectivity index (χ0v) is 13.0. The maximum Gasteiger partial charge on any atom is 0.262 e. The molecular weight excluding hydrogens is 270 g/mol. The maximum absolute atomic E-state index is 12.5. The van der Waals surface area contributed by atoms with Gasteiger partial charge >= 0.3 is 0 Å². The number of thiophene rings is 1. The van der Waals surface area contributed by atoms with Gasteiger partial charge in [-0.05, 0) is 36.8 Å². The van der Waals surface area contributed by atoms with Gasteiger partial charge in [0, 0.05) is 4.70 Å². The Bertz CT molecular complexity index is 606. The summed E-state index contributed by atoms with van der Waals surface area (Å²) in [5, 5.41) is 13.7. The van der Waals surface area contributed by atoms with Crippen molar-refractivity contribution in [3.8, 4) is 0 Å². The van der Waals surface area contributed by atoms with Crippen LogP contribution in [0, 0.1) is 6.92 Å². The van der Waals surface area contributed by atoms with E-state index in [1.165, 1.54) is 11.3 Å². The maximum atomic E-state index is 12.5. The van der Waals surface area contributed by atoms with E-state index in [-0.39, 0.29) is 12.5 Å². The Labute approximate surface area is 123 Å². The molecular formula is C16H21NO2S. The summed E-state index contributed by atoms with van der Waals surface area (Å²) >= 11 is 1.51. The lowest BCUT2D eigenvalue weighted by atomic mass is 9.93. The summed E-state index contributed by atoms with van der Waals surface area (Å²) in [4.78, 5) is 13.3. The number of aliphatic hydroxyl groups is 1. The van der Waals surface area contributed by atoms with Crippen molar-refractivity contribution in [1.29, 1.82) is 0 Å². The van der Waals surface area contributed by atoms with Gasteiger partial charge in [-0.2, -0.15) is 0 Å². The lowest BCUT2D eigenvalue weighted by Crippen LogP contribution is -2.50. The molecule has 1 aromatic heterocycles. The number of fused-ring (bicyclic) bond motifs is 1. The lowest BCUT2D eigenvalue weighted by molar-refractivity contribution is 0.0821. The normalized spacial score (nSPS) is 11.8. The molecule has 0 saturated carbocycles. The molecule has 0 unspecified atom stereocenters. The Morgan fingerprint density at radius 3 is 2.50 bits per heavy atom. The highest BCUT2D eigenvalue weighted by Gasteiger charge is 2.29. The molecule has 4 heteroatoms. The first-order valence-electron chi connectivity index (χ1n) is 6.98. The van der Waals surface area contributed by atoms with Crippen molar-refractivity contribution in [2.24, 2.45) is 0 Å². The average Bonchev–Trinajstić information content (AvgIpc) is 2.83. The number of hydrogen-bond donors (Lipinski definition) is 2. The predicted molar refractivity (Wildman–Crippen MR) is 84.4 cm³/mol. The summed E-state index contributed by atoms with van der Waals surface area (Å²) in [6, 6.07) is 8.04. The van der Waals surface area contributed by atoms with Crippen LogP contribution in [0.4, 0.5) is 0 Å². The number of benzene rings is 1. The number of aliphatic hydroxyl groups excluding tert-OH is 1. The number of nitrogens with one attached hydrogen (secondary N) is 1. The molecule has 0 saturated heterocycles. The van der Waals surface area contributed by atoms with Gasteiger partial charge in [-0.1, -0.05) is 32.0 Å². The smallest absolute Gasteiger partial charge is 0.262 e. The van der Waals surface area contributed by atoms with Crippen molar-refractivity contribution in [1.82, 2.24) is 5.32 Å². The molecule has 0 fully saturated rings. The number of aryl methyl sites for hydroxylation is 1. The second-order valence-corrected chi connectivity index (χ2v) is 6.20. The molecule has 0 bridgehead atoms. The highest BCUT2D eigenvalue weighted by molar-refractivity contribution is 7.21. The standard InChI is InChI=1S/C16H21NO2S/c1-4-16(5-2,10-18)17-15(19)14-11(3)12-8-6-7-9-13(12)20-14/h6-9,18H,4-5,10H2,1-3H3,(H,17,19). The SMILES string of the molecule is CCC(CC)(CO)NC(=O)c1sc2ccccc2c1C. The van der Waals surface area contributed by atoms with Crippen molar-refractivity contribution < 1.29 is 9.90 Å². The fraction of sp³-hybridized carbons (Fsp3) is 0.438. The van der Waals surface area contributed by atoms with Crippen molar-refractivity contribution in [2.75, 3.05) is 6.61 Å². The molecule has 3 nitrogen and oxygen atoms in total. The van der Waals surface area contributed by atoms with E-state index in [1.807, 2.05) is 45.0 Å². The Kier molecular flexibility index (Phi) is 4.45. The van der Waals surface area contributed by atoms with Crippen LogP contribution in [0.1, 0.15) is 41.9 Å². The summed E-state index contributed by atoms with van der Waals surface area (Å²) in [5.74, 6) is -0.0820. The summed E-state index contributed by atoms with van der Waals surface area (Å²) in [7, 11) is 0. The van der Waals surface area contributed by atoms with E-state index >= 15 is 0 Å². The molecule has 20 heavy (non-hydrogen) atoms. The van der Waals surface area contributed by atoms with Gasteiger partial charge in [0.25, 0.3) is 5.91 Å². The Hall–Kier alpha value is -1.39. The largest absolute Gasteiger partial charge is 0.394 e. The van der Waals surface area contributed by atoms with Crippen molar-refractivity contribution >= 4 is 27.3 Å². The fourth-order valence-corrected chi connectivity index (χ4v) is 3.48. The number of hydrogen-bond acceptors (Lipinski definition) is 3. The minimum Gasteiger partial charge on any atom is -0.394 e. The van der Waals surface area contributed by atoms with E-state index in [0.717, 1.165) is 33.4 Å². The molecule has 0 aliphatic rings. The second-order valence-electron chi connectivity index (χ2n) is 5.15. The van der Waals surface area contributed by atoms with E-state index in [2.05, 4.69) is 5.32 Å². The Balaban J connectivity index is 2.34. The van der Waals surface area contributed by atoms with E-state index in [9.17, 15) is 9.90 Å². The van der Waals surface area contributed by atoms with Crippen molar-refractivity contribution in [3.05, 3.63) is 34.7 Å². The van der Waals surface area contributed by atoms with Crippen LogP contribution in [-0.4, -0.2) is 23.2 Å². The number of amides is 1. The van der Waals surface area contributed by atoms with Crippen molar-refractivity contribution in [2.45, 2.75) is 39.2 Å². The molecule has 0 radical (unpaired) electrons. The van der Waals surface area contributed by atoms with Crippen LogP contribution >= 0.6 is 11.3 Å². The van der Waals surface area contributed by atoms with Crippen LogP contribution in [0.15, 0.2) is 24.3 Å². The second kappa shape index (κ2) is 5.94. The number of carbonyl (C=O) groups excluding carboxylic acids is 1. The monoisotopic (exact) mass is 291 g/mol. The molecule has 0 spiro atoms. The minimum atomic E-state index is -0.514. The number of carbonyl (C=O) groups is 1. The van der Waals surface area contributed by atoms with E-state index in [0.29, 0.717) is 0 Å². The summed E-state index contributed by atoms with van der Waals surface area (Å²) in [6.45, 7) is 5.91. The summed E-state index contributed by atoms with van der Waals surface area (Å²) < 4.78 is 1.12. The third-order valence-corrected chi connectivity index (χ3v) is 5.36. The predicted octanol–water partition coefficient (Wildman–Crippen LogP) is 3.49. The van der Waals surface area contributed by atoms with E-state index in [1.54, 1.807) is 0 Å². The quantitative estimate of drug-likeness (QED) is 0.886. The molecule has 0 aliphatic heterocycles. The Morgan fingerprint density at radius 1 is 1.30 bits per heavy atom. The van der Waals surface area contributed by atoms with Gasteiger partial charge in [0.2, 0.25) is 0 Å². The fourth-order valence-electron chi connectivity index (χ4n) is 2.38. The van der Waals surface area contributed by atoms with E-state index < -0.39 is 5.54 Å². The van der Waals surface area contributed by atoms with Gasteiger partial charge in [0.15, 0.2) is 0 Å². The van der Waals surface area contributed by atoms with Gasteiger partial charge in [-0.25, -0.2) is 0 Å². The van der Waals surface area contributed by atoms with Gasteiger partial charge in [-0.3, -0.25) is 4.79 Å². The first kappa shape index (κ1) is 15.0. The van der Waals surface area contributed by atoms with Crippen LogP contribution < -0.4 is 5.32 Å². The van der Waals surface area contributed by atoms with E-state index in [4.69, 9.17) is 0 Å². The first-order chi connectivity index (χ1) is 9.56. The molecule has 0 aliphatic carbocycles. The number of rotatable bonds is 5. The Morgan fingerprint density at radius 2 is 1.95 bits per heavy atom. The molecule has 2 N–H and O–H groups in total. The van der Waals surface area contributed by atoms with Crippen molar-refractivity contribution in [3.63, 3.8) is 0 Å². The molecule has 108 valence electrons. The average molecular weight is 291 g/mol. The summed E-state index contributed by atoms with van der Waals surface area (Å²) in [5.41, 5.74) is 0.502. The highest BCUT2D eigenvalue weighted by Crippen LogP contribution is 2.31.